The topological polar surface area (TPSA) is 44.4 Å². The SMILES string of the molecule is CNCCCC(=O)NC(Cc1ccccc1)CN(C)C.Cl.Cl. The Morgan fingerprint density at radius 2 is 1.82 bits per heavy atom. The van der Waals surface area contributed by atoms with Crippen molar-refractivity contribution in [1.29, 1.82) is 0 Å². The summed E-state index contributed by atoms with van der Waals surface area (Å²) in [5, 5.41) is 6.21. The Morgan fingerprint density at radius 1 is 1.18 bits per heavy atom. The van der Waals surface area contributed by atoms with E-state index < -0.39 is 0 Å². The average molecular weight is 350 g/mol. The van der Waals surface area contributed by atoms with E-state index in [4.69, 9.17) is 0 Å². The Labute approximate surface area is 146 Å². The molecule has 1 atom stereocenters. The molecular weight excluding hydrogens is 321 g/mol. The summed E-state index contributed by atoms with van der Waals surface area (Å²) >= 11 is 0. The van der Waals surface area contributed by atoms with Crippen LogP contribution in [0.1, 0.15) is 18.4 Å². The quantitative estimate of drug-likeness (QED) is 0.671. The van der Waals surface area contributed by atoms with Crippen molar-refractivity contribution in [3.05, 3.63) is 35.9 Å². The van der Waals surface area contributed by atoms with Crippen molar-refractivity contribution in [2.24, 2.45) is 0 Å². The maximum atomic E-state index is 11.9. The van der Waals surface area contributed by atoms with Crippen molar-refractivity contribution in [3.63, 3.8) is 0 Å². The summed E-state index contributed by atoms with van der Waals surface area (Å²) in [6.45, 7) is 1.73. The van der Waals surface area contributed by atoms with Crippen LogP contribution in [0.15, 0.2) is 30.3 Å². The second-order valence-electron chi connectivity index (χ2n) is 5.42. The average Bonchev–Trinajstić information content (AvgIpc) is 2.39. The number of nitrogens with one attached hydrogen (secondary N) is 2. The fraction of sp³-hybridized carbons (Fsp3) is 0.562. The molecule has 0 fully saturated rings. The molecule has 0 aliphatic rings. The molecule has 0 aromatic heterocycles. The van der Waals surface area contributed by atoms with Gasteiger partial charge in [-0.25, -0.2) is 0 Å². The van der Waals surface area contributed by atoms with Gasteiger partial charge in [0.05, 0.1) is 0 Å². The van der Waals surface area contributed by atoms with E-state index in [9.17, 15) is 4.79 Å². The predicted molar refractivity (Wildman–Crippen MR) is 98.3 cm³/mol. The lowest BCUT2D eigenvalue weighted by atomic mass is 10.1. The molecule has 0 aliphatic heterocycles. The minimum absolute atomic E-state index is 0. The van der Waals surface area contributed by atoms with Gasteiger partial charge in [-0.2, -0.15) is 0 Å². The van der Waals surface area contributed by atoms with Gasteiger partial charge in [0.1, 0.15) is 0 Å². The van der Waals surface area contributed by atoms with Crippen LogP contribution in [0.4, 0.5) is 0 Å². The molecule has 0 heterocycles. The minimum atomic E-state index is 0. The first-order valence-corrected chi connectivity index (χ1v) is 7.24. The van der Waals surface area contributed by atoms with E-state index in [0.29, 0.717) is 6.42 Å². The molecule has 0 aliphatic carbocycles. The molecule has 1 rings (SSSR count). The van der Waals surface area contributed by atoms with Gasteiger partial charge in [0.15, 0.2) is 0 Å². The van der Waals surface area contributed by atoms with Crippen molar-refractivity contribution in [2.45, 2.75) is 25.3 Å². The zero-order valence-corrected chi connectivity index (χ0v) is 15.3. The van der Waals surface area contributed by atoms with Gasteiger partial charge in [-0.1, -0.05) is 30.3 Å². The van der Waals surface area contributed by atoms with Crippen LogP contribution < -0.4 is 10.6 Å². The van der Waals surface area contributed by atoms with Crippen molar-refractivity contribution >= 4 is 30.7 Å². The highest BCUT2D eigenvalue weighted by Gasteiger charge is 2.13. The van der Waals surface area contributed by atoms with E-state index in [0.717, 1.165) is 25.9 Å². The van der Waals surface area contributed by atoms with Gasteiger partial charge in [-0.15, -0.1) is 24.8 Å². The van der Waals surface area contributed by atoms with Crippen molar-refractivity contribution in [3.8, 4) is 0 Å². The van der Waals surface area contributed by atoms with Gasteiger partial charge >= 0.3 is 0 Å². The lowest BCUT2D eigenvalue weighted by Crippen LogP contribution is -2.43. The normalized spacial score (nSPS) is 11.3. The molecule has 0 saturated heterocycles. The first-order valence-electron chi connectivity index (χ1n) is 7.24. The van der Waals surface area contributed by atoms with Crippen molar-refractivity contribution < 1.29 is 4.79 Å². The number of rotatable bonds is 9. The smallest absolute Gasteiger partial charge is 0.220 e. The van der Waals surface area contributed by atoms with E-state index in [-0.39, 0.29) is 36.8 Å². The maximum Gasteiger partial charge on any atom is 0.220 e. The standard InChI is InChI=1S/C16H27N3O.2ClH/c1-17-11-7-10-16(20)18-15(13-19(2)3)12-14-8-5-4-6-9-14;;/h4-6,8-9,15,17H,7,10-13H2,1-3H3,(H,18,20);2*1H. The Balaban J connectivity index is 0. The third-order valence-electron chi connectivity index (χ3n) is 3.11. The van der Waals surface area contributed by atoms with E-state index in [2.05, 4.69) is 27.7 Å². The number of carbonyl (C=O) groups excluding carboxylic acids is 1. The molecule has 22 heavy (non-hydrogen) atoms. The summed E-state index contributed by atoms with van der Waals surface area (Å²) in [7, 11) is 5.97. The van der Waals surface area contributed by atoms with Gasteiger partial charge in [-0.05, 0) is 46.1 Å². The molecule has 1 unspecified atom stereocenters. The molecule has 6 heteroatoms. The fourth-order valence-electron chi connectivity index (χ4n) is 2.23. The number of nitrogens with zero attached hydrogens (tertiary/aromatic N) is 1. The van der Waals surface area contributed by atoms with E-state index in [1.165, 1.54) is 5.56 Å². The number of amides is 1. The number of benzene rings is 1. The largest absolute Gasteiger partial charge is 0.352 e. The minimum Gasteiger partial charge on any atom is -0.352 e. The molecule has 4 nitrogen and oxygen atoms in total. The zero-order valence-electron chi connectivity index (χ0n) is 13.7. The van der Waals surface area contributed by atoms with E-state index in [1.807, 2.05) is 39.3 Å². The Morgan fingerprint density at radius 3 is 2.36 bits per heavy atom. The van der Waals surface area contributed by atoms with Crippen LogP contribution in [-0.4, -0.2) is 51.1 Å². The maximum absolute atomic E-state index is 11.9. The van der Waals surface area contributed by atoms with Crippen LogP contribution in [0.25, 0.3) is 0 Å². The monoisotopic (exact) mass is 349 g/mol. The molecule has 2 N–H and O–H groups in total. The molecule has 128 valence electrons. The molecule has 0 saturated carbocycles. The number of hydrogen-bond acceptors (Lipinski definition) is 3. The first-order chi connectivity index (χ1) is 9.61. The molecule has 0 spiro atoms. The highest BCUT2D eigenvalue weighted by molar-refractivity contribution is 5.85. The molecule has 0 bridgehead atoms. The van der Waals surface area contributed by atoms with Crippen LogP contribution >= 0.6 is 24.8 Å². The number of likely N-dealkylation sites (N-methyl/N-ethyl adjacent to an activating group) is 1. The van der Waals surface area contributed by atoms with Crippen molar-refractivity contribution in [1.82, 2.24) is 15.5 Å². The van der Waals surface area contributed by atoms with Crippen molar-refractivity contribution in [2.75, 3.05) is 34.2 Å². The lowest BCUT2D eigenvalue weighted by molar-refractivity contribution is -0.121. The summed E-state index contributed by atoms with van der Waals surface area (Å²) in [6, 6.07) is 10.5. The Bertz CT molecular complexity index is 388. The van der Waals surface area contributed by atoms with Gasteiger partial charge in [0.25, 0.3) is 0 Å². The van der Waals surface area contributed by atoms with E-state index in [1.54, 1.807) is 0 Å². The second kappa shape index (κ2) is 13.8. The van der Waals surface area contributed by atoms with Gasteiger partial charge in [0, 0.05) is 19.0 Å². The Hall–Kier alpha value is -0.810. The fourth-order valence-corrected chi connectivity index (χ4v) is 2.23. The molecule has 1 amide bonds. The molecular formula is C16H29Cl2N3O. The summed E-state index contributed by atoms with van der Waals surface area (Å²) in [5.74, 6) is 0.142. The van der Waals surface area contributed by atoms with Gasteiger partial charge in [-0.3, -0.25) is 4.79 Å². The van der Waals surface area contributed by atoms with Gasteiger partial charge in [0.2, 0.25) is 5.91 Å². The summed E-state index contributed by atoms with van der Waals surface area (Å²) < 4.78 is 0. The third-order valence-corrected chi connectivity index (χ3v) is 3.11. The first kappa shape index (κ1) is 23.5. The van der Waals surface area contributed by atoms with Crippen LogP contribution in [0.2, 0.25) is 0 Å². The van der Waals surface area contributed by atoms with Gasteiger partial charge < -0.3 is 15.5 Å². The number of hydrogen-bond donors (Lipinski definition) is 2. The number of carbonyl (C=O) groups is 1. The van der Waals surface area contributed by atoms with Crippen LogP contribution in [0, 0.1) is 0 Å². The van der Waals surface area contributed by atoms with Crippen LogP contribution in [-0.2, 0) is 11.2 Å². The zero-order chi connectivity index (χ0) is 14.8. The Kier molecular flexibility index (Phi) is 14.7. The summed E-state index contributed by atoms with van der Waals surface area (Å²) in [4.78, 5) is 14.1. The highest BCUT2D eigenvalue weighted by atomic mass is 35.5. The van der Waals surface area contributed by atoms with E-state index >= 15 is 0 Å². The highest BCUT2D eigenvalue weighted by Crippen LogP contribution is 2.04. The molecule has 1 aromatic carbocycles. The molecule has 1 aromatic rings. The second-order valence-corrected chi connectivity index (χ2v) is 5.42. The molecule has 0 radical (unpaired) electrons. The summed E-state index contributed by atoms with van der Waals surface area (Å²) in [6.07, 6.45) is 2.33. The third kappa shape index (κ3) is 10.9. The number of halogens is 2. The van der Waals surface area contributed by atoms with Crippen LogP contribution in [0.3, 0.4) is 0 Å². The summed E-state index contributed by atoms with van der Waals surface area (Å²) in [5.41, 5.74) is 1.26. The van der Waals surface area contributed by atoms with Crippen LogP contribution in [0.5, 0.6) is 0 Å². The lowest BCUT2D eigenvalue weighted by Gasteiger charge is -2.22. The predicted octanol–water partition coefficient (Wildman–Crippen LogP) is 2.12.